The molecule has 8 heteroatoms. The Hall–Kier alpha value is -2.94. The predicted molar refractivity (Wildman–Crippen MR) is 112 cm³/mol. The van der Waals surface area contributed by atoms with Crippen molar-refractivity contribution in [2.45, 2.75) is 31.5 Å². The third-order valence-corrected chi connectivity index (χ3v) is 5.88. The number of ether oxygens (including phenoxy) is 1. The van der Waals surface area contributed by atoms with Crippen molar-refractivity contribution < 1.29 is 22.4 Å². The van der Waals surface area contributed by atoms with Crippen molar-refractivity contribution >= 4 is 15.9 Å². The fourth-order valence-electron chi connectivity index (χ4n) is 2.81. The van der Waals surface area contributed by atoms with Gasteiger partial charge in [-0.15, -0.1) is 0 Å². The average molecular weight is 429 g/mol. The normalized spacial score (nSPS) is 11.4. The first-order chi connectivity index (χ1) is 14.5. The van der Waals surface area contributed by atoms with Crippen LogP contribution in [0.5, 0.6) is 0 Å². The van der Waals surface area contributed by atoms with Crippen LogP contribution in [-0.2, 0) is 34.5 Å². The summed E-state index contributed by atoms with van der Waals surface area (Å²) < 4.78 is 37.8. The number of furan rings is 1. The maximum absolute atomic E-state index is 12.5. The van der Waals surface area contributed by atoms with Crippen LogP contribution < -0.4 is 10.0 Å². The number of rotatable bonds is 10. The highest BCUT2D eigenvalue weighted by Gasteiger charge is 2.15. The van der Waals surface area contributed by atoms with Gasteiger partial charge >= 0.3 is 0 Å². The number of sulfonamides is 1. The van der Waals surface area contributed by atoms with Gasteiger partial charge in [0.05, 0.1) is 24.3 Å². The van der Waals surface area contributed by atoms with E-state index in [4.69, 9.17) is 9.15 Å². The fourth-order valence-corrected chi connectivity index (χ4v) is 3.80. The Morgan fingerprint density at radius 1 is 0.967 bits per heavy atom. The summed E-state index contributed by atoms with van der Waals surface area (Å²) in [5, 5.41) is 2.86. The van der Waals surface area contributed by atoms with Crippen LogP contribution in [0.4, 0.5) is 0 Å². The van der Waals surface area contributed by atoms with Gasteiger partial charge in [-0.3, -0.25) is 4.79 Å². The lowest BCUT2D eigenvalue weighted by molar-refractivity contribution is 0.0949. The second-order valence-electron chi connectivity index (χ2n) is 6.52. The lowest BCUT2D eigenvalue weighted by Gasteiger charge is -2.11. The number of nitrogens with one attached hydrogen (secondary N) is 2. The van der Waals surface area contributed by atoms with Crippen molar-refractivity contribution in [3.63, 3.8) is 0 Å². The predicted octanol–water partition coefficient (Wildman–Crippen LogP) is 3.22. The fraction of sp³-hybridized carbons (Fsp3) is 0.227. The Morgan fingerprint density at radius 2 is 1.70 bits per heavy atom. The highest BCUT2D eigenvalue weighted by molar-refractivity contribution is 7.89. The van der Waals surface area contributed by atoms with E-state index in [9.17, 15) is 13.2 Å². The van der Waals surface area contributed by atoms with Crippen LogP contribution in [-0.4, -0.2) is 20.9 Å². The molecule has 0 aliphatic heterocycles. The molecular weight excluding hydrogens is 404 g/mol. The number of carbonyl (C=O) groups excluding carboxylic acids is 1. The highest BCUT2D eigenvalue weighted by atomic mass is 32.2. The van der Waals surface area contributed by atoms with E-state index in [1.54, 1.807) is 12.1 Å². The molecule has 0 atom stereocenters. The molecule has 2 aromatic carbocycles. The van der Waals surface area contributed by atoms with E-state index >= 15 is 0 Å². The summed E-state index contributed by atoms with van der Waals surface area (Å²) in [5.41, 5.74) is 2.37. The first-order valence-electron chi connectivity index (χ1n) is 9.54. The van der Waals surface area contributed by atoms with Gasteiger partial charge in [0.1, 0.15) is 5.76 Å². The van der Waals surface area contributed by atoms with Crippen LogP contribution in [0.15, 0.2) is 76.2 Å². The molecule has 0 saturated heterocycles. The van der Waals surface area contributed by atoms with Crippen LogP contribution >= 0.6 is 0 Å². The molecule has 0 aliphatic rings. The van der Waals surface area contributed by atoms with E-state index in [-0.39, 0.29) is 17.3 Å². The van der Waals surface area contributed by atoms with Gasteiger partial charge in [-0.25, -0.2) is 13.1 Å². The SMILES string of the molecule is CCOCc1ccccc1CNC(=O)c1ccc(S(=O)(=O)NCc2ccco2)cc1. The molecule has 3 rings (SSSR count). The first-order valence-corrected chi connectivity index (χ1v) is 11.0. The van der Waals surface area contributed by atoms with E-state index in [0.29, 0.717) is 31.1 Å². The molecule has 1 amide bonds. The van der Waals surface area contributed by atoms with Gasteiger partial charge in [-0.1, -0.05) is 24.3 Å². The zero-order valence-corrected chi connectivity index (χ0v) is 17.4. The second-order valence-corrected chi connectivity index (χ2v) is 8.28. The van der Waals surface area contributed by atoms with Crippen molar-refractivity contribution in [3.05, 3.63) is 89.4 Å². The van der Waals surface area contributed by atoms with Crippen LogP contribution in [0.25, 0.3) is 0 Å². The average Bonchev–Trinajstić information content (AvgIpc) is 3.29. The summed E-state index contributed by atoms with van der Waals surface area (Å²) in [7, 11) is -3.70. The molecule has 0 radical (unpaired) electrons. The van der Waals surface area contributed by atoms with E-state index in [0.717, 1.165) is 11.1 Å². The minimum Gasteiger partial charge on any atom is -0.468 e. The zero-order chi connectivity index (χ0) is 21.4. The number of hydrogen-bond acceptors (Lipinski definition) is 5. The molecule has 1 heterocycles. The van der Waals surface area contributed by atoms with Gasteiger partial charge in [-0.2, -0.15) is 0 Å². The molecule has 0 spiro atoms. The molecule has 0 bridgehead atoms. The van der Waals surface area contributed by atoms with Crippen LogP contribution in [0, 0.1) is 0 Å². The quantitative estimate of drug-likeness (QED) is 0.517. The topological polar surface area (TPSA) is 97.6 Å². The van der Waals surface area contributed by atoms with Crippen LogP contribution in [0.1, 0.15) is 34.2 Å². The summed E-state index contributed by atoms with van der Waals surface area (Å²) in [4.78, 5) is 12.5. The number of carbonyl (C=O) groups is 1. The molecule has 0 saturated carbocycles. The third kappa shape index (κ3) is 5.79. The van der Waals surface area contributed by atoms with Crippen molar-refractivity contribution in [2.24, 2.45) is 0 Å². The van der Waals surface area contributed by atoms with E-state index in [1.807, 2.05) is 31.2 Å². The van der Waals surface area contributed by atoms with Crippen molar-refractivity contribution in [1.29, 1.82) is 0 Å². The monoisotopic (exact) mass is 428 g/mol. The lowest BCUT2D eigenvalue weighted by Crippen LogP contribution is -2.24. The molecule has 0 aliphatic carbocycles. The maximum atomic E-state index is 12.5. The van der Waals surface area contributed by atoms with E-state index < -0.39 is 10.0 Å². The van der Waals surface area contributed by atoms with Crippen molar-refractivity contribution in [3.8, 4) is 0 Å². The number of benzene rings is 2. The van der Waals surface area contributed by atoms with Crippen molar-refractivity contribution in [1.82, 2.24) is 10.0 Å². The summed E-state index contributed by atoms with van der Waals surface area (Å²) in [6.07, 6.45) is 1.48. The number of hydrogen-bond donors (Lipinski definition) is 2. The molecule has 158 valence electrons. The Labute approximate surface area is 176 Å². The molecule has 1 aromatic heterocycles. The molecule has 30 heavy (non-hydrogen) atoms. The molecule has 0 fully saturated rings. The Balaban J connectivity index is 1.60. The van der Waals surface area contributed by atoms with E-state index in [1.165, 1.54) is 30.5 Å². The standard InChI is InChI=1S/C22H24N2O5S/c1-2-28-16-19-7-4-3-6-18(19)14-23-22(25)17-9-11-21(12-10-17)30(26,27)24-15-20-8-5-13-29-20/h3-13,24H,2,14-16H2,1H3,(H,23,25). The van der Waals surface area contributed by atoms with Gasteiger partial charge in [-0.05, 0) is 54.4 Å². The third-order valence-electron chi connectivity index (χ3n) is 4.46. The lowest BCUT2D eigenvalue weighted by atomic mass is 10.1. The second kappa shape index (κ2) is 10.2. The van der Waals surface area contributed by atoms with Crippen LogP contribution in [0.3, 0.4) is 0 Å². The summed E-state index contributed by atoms with van der Waals surface area (Å²) in [5.74, 6) is 0.230. The summed E-state index contributed by atoms with van der Waals surface area (Å²) in [6.45, 7) is 3.44. The van der Waals surface area contributed by atoms with Crippen LogP contribution in [0.2, 0.25) is 0 Å². The highest BCUT2D eigenvalue weighted by Crippen LogP contribution is 2.13. The minimum atomic E-state index is -3.70. The summed E-state index contributed by atoms with van der Waals surface area (Å²) in [6, 6.07) is 16.9. The molecule has 7 nitrogen and oxygen atoms in total. The number of amides is 1. The largest absolute Gasteiger partial charge is 0.468 e. The smallest absolute Gasteiger partial charge is 0.251 e. The molecule has 2 N–H and O–H groups in total. The van der Waals surface area contributed by atoms with Gasteiger partial charge in [0.2, 0.25) is 10.0 Å². The Bertz CT molecular complexity index is 1060. The Morgan fingerprint density at radius 3 is 2.37 bits per heavy atom. The Kier molecular flexibility index (Phi) is 7.40. The van der Waals surface area contributed by atoms with Gasteiger partial charge < -0.3 is 14.5 Å². The van der Waals surface area contributed by atoms with Gasteiger partial charge in [0.25, 0.3) is 5.91 Å². The molecular formula is C22H24N2O5S. The van der Waals surface area contributed by atoms with Gasteiger partial charge in [0.15, 0.2) is 0 Å². The first kappa shape index (κ1) is 21.8. The maximum Gasteiger partial charge on any atom is 0.251 e. The van der Waals surface area contributed by atoms with E-state index in [2.05, 4.69) is 10.0 Å². The molecule has 3 aromatic rings. The zero-order valence-electron chi connectivity index (χ0n) is 16.6. The van der Waals surface area contributed by atoms with Crippen molar-refractivity contribution in [2.75, 3.05) is 6.61 Å². The minimum absolute atomic E-state index is 0.0543. The van der Waals surface area contributed by atoms with Gasteiger partial charge in [0, 0.05) is 18.7 Å². The summed E-state index contributed by atoms with van der Waals surface area (Å²) >= 11 is 0. The molecule has 0 unspecified atom stereocenters.